The number of anilines is 1. The minimum Gasteiger partial charge on any atom is -0.399 e. The minimum absolute atomic E-state index is 0.109. The number of nitrogens with zero attached hydrogens (tertiary/aromatic N) is 2. The first-order valence-corrected chi connectivity index (χ1v) is 5.25. The van der Waals surface area contributed by atoms with Crippen molar-refractivity contribution in [2.75, 3.05) is 26.0 Å². The van der Waals surface area contributed by atoms with Gasteiger partial charge in [0.1, 0.15) is 5.69 Å². The number of rotatable bonds is 2. The van der Waals surface area contributed by atoms with Gasteiger partial charge in [-0.2, -0.15) is 0 Å². The molecule has 2 rings (SSSR count). The Labute approximate surface area is 94.2 Å². The van der Waals surface area contributed by atoms with E-state index in [0.717, 1.165) is 6.42 Å². The van der Waals surface area contributed by atoms with E-state index in [1.54, 1.807) is 30.3 Å². The molecule has 1 atom stereocenters. The molecule has 0 radical (unpaired) electrons. The van der Waals surface area contributed by atoms with Gasteiger partial charge in [-0.05, 0) is 18.6 Å². The Morgan fingerprint density at radius 3 is 3.12 bits per heavy atom. The van der Waals surface area contributed by atoms with Crippen LogP contribution in [0.4, 0.5) is 5.69 Å². The fourth-order valence-corrected chi connectivity index (χ4v) is 1.74. The molecule has 0 spiro atoms. The molecule has 1 amide bonds. The number of pyridine rings is 1. The van der Waals surface area contributed by atoms with Gasteiger partial charge >= 0.3 is 0 Å². The number of carbonyl (C=O) groups excluding carboxylic acids is 1. The van der Waals surface area contributed by atoms with Crippen LogP contribution >= 0.6 is 0 Å². The van der Waals surface area contributed by atoms with E-state index in [-0.39, 0.29) is 11.9 Å². The molecule has 1 saturated heterocycles. The summed E-state index contributed by atoms with van der Waals surface area (Å²) < 4.78 is 5.25. The molecule has 0 bridgehead atoms. The molecule has 0 aromatic carbocycles. The van der Waals surface area contributed by atoms with Crippen LogP contribution in [0.1, 0.15) is 16.9 Å². The van der Waals surface area contributed by atoms with Crippen LogP contribution in [0, 0.1) is 0 Å². The maximum absolute atomic E-state index is 12.0. The lowest BCUT2D eigenvalue weighted by Gasteiger charge is -2.22. The zero-order valence-corrected chi connectivity index (χ0v) is 9.22. The highest BCUT2D eigenvalue weighted by molar-refractivity contribution is 5.93. The van der Waals surface area contributed by atoms with Crippen molar-refractivity contribution in [1.29, 1.82) is 0 Å². The Balaban J connectivity index is 2.12. The van der Waals surface area contributed by atoms with Crippen molar-refractivity contribution in [2.45, 2.75) is 12.5 Å². The summed E-state index contributed by atoms with van der Waals surface area (Å²) in [6.07, 6.45) is 2.42. The summed E-state index contributed by atoms with van der Waals surface area (Å²) >= 11 is 0. The topological polar surface area (TPSA) is 68.5 Å². The van der Waals surface area contributed by atoms with Gasteiger partial charge in [0.05, 0.1) is 12.6 Å². The number of ether oxygens (including phenoxy) is 1. The van der Waals surface area contributed by atoms with E-state index in [0.29, 0.717) is 24.6 Å². The summed E-state index contributed by atoms with van der Waals surface area (Å²) in [6, 6.07) is 3.40. The van der Waals surface area contributed by atoms with E-state index in [4.69, 9.17) is 10.5 Å². The molecule has 86 valence electrons. The molecule has 16 heavy (non-hydrogen) atoms. The summed E-state index contributed by atoms with van der Waals surface area (Å²) in [5, 5.41) is 0. The third kappa shape index (κ3) is 2.14. The van der Waals surface area contributed by atoms with E-state index < -0.39 is 0 Å². The van der Waals surface area contributed by atoms with E-state index in [2.05, 4.69) is 4.98 Å². The number of nitrogen functional groups attached to an aromatic ring is 1. The fraction of sp³-hybridized carbons (Fsp3) is 0.455. The molecule has 2 N–H and O–H groups in total. The summed E-state index contributed by atoms with van der Waals surface area (Å²) in [7, 11) is 1.77. The van der Waals surface area contributed by atoms with Crippen molar-refractivity contribution in [2.24, 2.45) is 0 Å². The summed E-state index contributed by atoms with van der Waals surface area (Å²) in [4.78, 5) is 17.7. The highest BCUT2D eigenvalue weighted by Gasteiger charge is 2.25. The number of hydrogen-bond acceptors (Lipinski definition) is 4. The van der Waals surface area contributed by atoms with Gasteiger partial charge < -0.3 is 15.4 Å². The van der Waals surface area contributed by atoms with Crippen LogP contribution in [0.25, 0.3) is 0 Å². The Hall–Kier alpha value is -1.62. The quantitative estimate of drug-likeness (QED) is 0.790. The normalized spacial score (nSPS) is 19.7. The van der Waals surface area contributed by atoms with Gasteiger partial charge in [-0.15, -0.1) is 0 Å². The lowest BCUT2D eigenvalue weighted by atomic mass is 10.2. The highest BCUT2D eigenvalue weighted by Crippen LogP contribution is 2.14. The van der Waals surface area contributed by atoms with Crippen molar-refractivity contribution in [3.63, 3.8) is 0 Å². The van der Waals surface area contributed by atoms with Gasteiger partial charge in [-0.1, -0.05) is 0 Å². The molecule has 0 aliphatic carbocycles. The second-order valence-electron chi connectivity index (χ2n) is 3.91. The van der Waals surface area contributed by atoms with Gasteiger partial charge in [0.25, 0.3) is 5.91 Å². The van der Waals surface area contributed by atoms with E-state index >= 15 is 0 Å². The molecule has 1 unspecified atom stereocenters. The predicted octanol–water partition coefficient (Wildman–Crippen LogP) is 0.525. The molecule has 1 aromatic rings. The summed E-state index contributed by atoms with van der Waals surface area (Å²) in [5.41, 5.74) is 6.55. The van der Waals surface area contributed by atoms with E-state index in [1.165, 1.54) is 0 Å². The molecule has 5 heteroatoms. The van der Waals surface area contributed by atoms with Crippen molar-refractivity contribution >= 4 is 11.6 Å². The standard InChI is InChI=1S/C11H15N3O2/c1-14(9-3-5-16-7-9)11(15)10-6-8(12)2-4-13-10/h2,4,6,9H,3,5,7H2,1H3,(H2,12,13). The third-order valence-corrected chi connectivity index (χ3v) is 2.78. The number of amides is 1. The minimum atomic E-state index is -0.109. The Morgan fingerprint density at radius 1 is 1.69 bits per heavy atom. The van der Waals surface area contributed by atoms with Crippen molar-refractivity contribution in [3.8, 4) is 0 Å². The summed E-state index contributed by atoms with van der Waals surface area (Å²) in [5.74, 6) is -0.109. The van der Waals surface area contributed by atoms with Crippen molar-refractivity contribution < 1.29 is 9.53 Å². The van der Waals surface area contributed by atoms with Gasteiger partial charge in [0.15, 0.2) is 0 Å². The van der Waals surface area contributed by atoms with E-state index in [1.807, 2.05) is 0 Å². The number of carbonyl (C=O) groups is 1. The monoisotopic (exact) mass is 221 g/mol. The SMILES string of the molecule is CN(C(=O)c1cc(N)ccn1)C1CCOC1. The van der Waals surface area contributed by atoms with Crippen LogP contribution in [0.5, 0.6) is 0 Å². The third-order valence-electron chi connectivity index (χ3n) is 2.78. The molecule has 1 fully saturated rings. The van der Waals surface area contributed by atoms with Gasteiger partial charge in [0, 0.05) is 25.5 Å². The average Bonchev–Trinajstić information content (AvgIpc) is 2.80. The molecule has 0 saturated carbocycles. The Bertz CT molecular complexity index is 389. The van der Waals surface area contributed by atoms with Crippen molar-refractivity contribution in [1.82, 2.24) is 9.88 Å². The van der Waals surface area contributed by atoms with E-state index in [9.17, 15) is 4.79 Å². The van der Waals surface area contributed by atoms with Gasteiger partial charge in [-0.3, -0.25) is 9.78 Å². The number of nitrogens with two attached hydrogens (primary N) is 1. The molecule has 1 aromatic heterocycles. The average molecular weight is 221 g/mol. The second-order valence-corrected chi connectivity index (χ2v) is 3.91. The first-order chi connectivity index (χ1) is 7.68. The molecule has 2 heterocycles. The van der Waals surface area contributed by atoms with Crippen LogP contribution in [0.15, 0.2) is 18.3 Å². The van der Waals surface area contributed by atoms with Gasteiger partial charge in [-0.25, -0.2) is 0 Å². The zero-order chi connectivity index (χ0) is 11.5. The molecule has 5 nitrogen and oxygen atoms in total. The first kappa shape index (κ1) is 10.9. The molecule has 1 aliphatic heterocycles. The molecular weight excluding hydrogens is 206 g/mol. The Kier molecular flexibility index (Phi) is 3.05. The number of aromatic nitrogens is 1. The van der Waals surface area contributed by atoms with Crippen LogP contribution in [0.3, 0.4) is 0 Å². The molecule has 1 aliphatic rings. The fourth-order valence-electron chi connectivity index (χ4n) is 1.74. The van der Waals surface area contributed by atoms with Crippen LogP contribution in [-0.4, -0.2) is 42.1 Å². The van der Waals surface area contributed by atoms with Crippen molar-refractivity contribution in [3.05, 3.63) is 24.0 Å². The lowest BCUT2D eigenvalue weighted by Crippen LogP contribution is -2.37. The first-order valence-electron chi connectivity index (χ1n) is 5.25. The summed E-state index contributed by atoms with van der Waals surface area (Å²) in [6.45, 7) is 1.32. The van der Waals surface area contributed by atoms with Crippen LogP contribution in [0.2, 0.25) is 0 Å². The number of hydrogen-bond donors (Lipinski definition) is 1. The maximum atomic E-state index is 12.0. The molecular formula is C11H15N3O2. The highest BCUT2D eigenvalue weighted by atomic mass is 16.5. The zero-order valence-electron chi connectivity index (χ0n) is 9.22. The predicted molar refractivity (Wildman–Crippen MR) is 60.0 cm³/mol. The lowest BCUT2D eigenvalue weighted by molar-refractivity contribution is 0.0705. The maximum Gasteiger partial charge on any atom is 0.272 e. The van der Waals surface area contributed by atoms with Gasteiger partial charge in [0.2, 0.25) is 0 Å². The van der Waals surface area contributed by atoms with Crippen LogP contribution < -0.4 is 5.73 Å². The van der Waals surface area contributed by atoms with Crippen LogP contribution in [-0.2, 0) is 4.74 Å². The Morgan fingerprint density at radius 2 is 2.50 bits per heavy atom. The second kappa shape index (κ2) is 4.49. The largest absolute Gasteiger partial charge is 0.399 e. The number of likely N-dealkylation sites (N-methyl/N-ethyl adjacent to an activating group) is 1. The smallest absolute Gasteiger partial charge is 0.272 e.